The van der Waals surface area contributed by atoms with Gasteiger partial charge >= 0.3 is 11.9 Å². The van der Waals surface area contributed by atoms with Crippen LogP contribution in [0.3, 0.4) is 0 Å². The molecule has 0 amide bonds. The van der Waals surface area contributed by atoms with Crippen LogP contribution in [0, 0.1) is 21.7 Å². The SMILES string of the molecule is CCCCOC(=O)C1(C)C2(C)C=CC(C)(C2)C1(C)C(=O)OCCCC. The lowest BCUT2D eigenvalue weighted by atomic mass is 9.52. The molecule has 1 saturated carbocycles. The number of unbranched alkanes of at least 4 members (excludes halogenated alkanes) is 2. The summed E-state index contributed by atoms with van der Waals surface area (Å²) in [5.41, 5.74) is -2.66. The van der Waals surface area contributed by atoms with Crippen LogP contribution in [0.5, 0.6) is 0 Å². The van der Waals surface area contributed by atoms with Crippen molar-refractivity contribution < 1.29 is 19.1 Å². The molecule has 25 heavy (non-hydrogen) atoms. The molecule has 0 aromatic heterocycles. The number of hydrogen-bond donors (Lipinski definition) is 0. The van der Waals surface area contributed by atoms with Crippen LogP contribution in [0.4, 0.5) is 0 Å². The van der Waals surface area contributed by atoms with Gasteiger partial charge in [0.2, 0.25) is 0 Å². The van der Waals surface area contributed by atoms with Crippen LogP contribution in [-0.4, -0.2) is 25.2 Å². The van der Waals surface area contributed by atoms with Crippen molar-refractivity contribution in [2.24, 2.45) is 21.7 Å². The van der Waals surface area contributed by atoms with Gasteiger partial charge in [0, 0.05) is 10.8 Å². The van der Waals surface area contributed by atoms with Gasteiger partial charge in [-0.15, -0.1) is 0 Å². The van der Waals surface area contributed by atoms with Crippen molar-refractivity contribution in [3.05, 3.63) is 12.2 Å². The molecule has 0 N–H and O–H groups in total. The molecule has 2 aliphatic carbocycles. The van der Waals surface area contributed by atoms with Crippen LogP contribution in [0.15, 0.2) is 12.2 Å². The molecule has 1 fully saturated rings. The Balaban J connectivity index is 2.38. The molecule has 0 heterocycles. The van der Waals surface area contributed by atoms with Crippen molar-refractivity contribution in [2.45, 2.75) is 73.6 Å². The minimum Gasteiger partial charge on any atom is -0.465 e. The minimum absolute atomic E-state index is 0.272. The van der Waals surface area contributed by atoms with Crippen LogP contribution in [0.25, 0.3) is 0 Å². The number of allylic oxidation sites excluding steroid dienone is 2. The van der Waals surface area contributed by atoms with E-state index in [4.69, 9.17) is 9.47 Å². The Bertz CT molecular complexity index is 520. The summed E-state index contributed by atoms with van der Waals surface area (Å²) in [6.45, 7) is 12.9. The second-order valence-electron chi connectivity index (χ2n) is 8.57. The number of carbonyl (C=O) groups excluding carboxylic acids is 2. The summed E-state index contributed by atoms with van der Waals surface area (Å²) in [6, 6.07) is 0. The zero-order chi connectivity index (χ0) is 18.9. The van der Waals surface area contributed by atoms with E-state index in [0.717, 1.165) is 32.1 Å². The summed E-state index contributed by atoms with van der Waals surface area (Å²) in [5, 5.41) is 0. The molecular formula is C21H34O4. The third-order valence-corrected chi connectivity index (χ3v) is 7.12. The van der Waals surface area contributed by atoms with Gasteiger partial charge in [-0.25, -0.2) is 0 Å². The van der Waals surface area contributed by atoms with Crippen LogP contribution in [0.1, 0.15) is 73.6 Å². The van der Waals surface area contributed by atoms with Gasteiger partial charge in [-0.05, 0) is 33.1 Å². The summed E-state index contributed by atoms with van der Waals surface area (Å²) in [4.78, 5) is 26.3. The maximum absolute atomic E-state index is 13.2. The van der Waals surface area contributed by atoms with Crippen LogP contribution in [-0.2, 0) is 19.1 Å². The van der Waals surface area contributed by atoms with Crippen LogP contribution < -0.4 is 0 Å². The minimum atomic E-state index is -0.930. The highest BCUT2D eigenvalue weighted by Gasteiger charge is 2.78. The van der Waals surface area contributed by atoms with Crippen molar-refractivity contribution in [3.63, 3.8) is 0 Å². The molecule has 2 rings (SSSR count). The number of rotatable bonds is 8. The van der Waals surface area contributed by atoms with Gasteiger partial charge in [-0.3, -0.25) is 9.59 Å². The van der Waals surface area contributed by atoms with E-state index in [9.17, 15) is 9.59 Å². The van der Waals surface area contributed by atoms with Crippen molar-refractivity contribution >= 4 is 11.9 Å². The molecule has 4 atom stereocenters. The molecule has 4 nitrogen and oxygen atoms in total. The van der Waals surface area contributed by atoms with Crippen molar-refractivity contribution in [2.75, 3.05) is 13.2 Å². The number of hydrogen-bond acceptors (Lipinski definition) is 4. The summed E-state index contributed by atoms with van der Waals surface area (Å²) < 4.78 is 11.2. The lowest BCUT2D eigenvalue weighted by molar-refractivity contribution is -0.187. The fourth-order valence-corrected chi connectivity index (χ4v) is 4.86. The maximum atomic E-state index is 13.2. The zero-order valence-corrected chi connectivity index (χ0v) is 16.7. The number of esters is 2. The van der Waals surface area contributed by atoms with E-state index in [-0.39, 0.29) is 11.9 Å². The van der Waals surface area contributed by atoms with Gasteiger partial charge in [0.05, 0.1) is 24.0 Å². The van der Waals surface area contributed by atoms with E-state index in [1.807, 2.05) is 13.8 Å². The Morgan fingerprint density at radius 3 is 1.48 bits per heavy atom. The van der Waals surface area contributed by atoms with E-state index in [1.165, 1.54) is 0 Å². The summed E-state index contributed by atoms with van der Waals surface area (Å²) in [6.07, 6.45) is 8.58. The molecule has 0 saturated heterocycles. The normalized spacial score (nSPS) is 38.8. The van der Waals surface area contributed by atoms with Crippen molar-refractivity contribution in [3.8, 4) is 0 Å². The first kappa shape index (κ1) is 20.0. The van der Waals surface area contributed by atoms with E-state index < -0.39 is 21.7 Å². The van der Waals surface area contributed by atoms with Gasteiger partial charge < -0.3 is 9.47 Å². The van der Waals surface area contributed by atoms with Gasteiger partial charge in [0.15, 0.2) is 0 Å². The summed E-state index contributed by atoms with van der Waals surface area (Å²) in [7, 11) is 0. The number of ether oxygens (including phenoxy) is 2. The van der Waals surface area contributed by atoms with E-state index in [2.05, 4.69) is 39.8 Å². The lowest BCUT2D eigenvalue weighted by Crippen LogP contribution is -2.58. The molecule has 0 spiro atoms. The second-order valence-corrected chi connectivity index (χ2v) is 8.57. The van der Waals surface area contributed by atoms with Gasteiger partial charge in [0.25, 0.3) is 0 Å². The van der Waals surface area contributed by atoms with E-state index in [1.54, 1.807) is 0 Å². The average molecular weight is 350 g/mol. The fraction of sp³-hybridized carbons (Fsp3) is 0.810. The third-order valence-electron chi connectivity index (χ3n) is 7.12. The molecule has 0 radical (unpaired) electrons. The highest BCUT2D eigenvalue weighted by atomic mass is 16.5. The van der Waals surface area contributed by atoms with Gasteiger partial charge in [0.1, 0.15) is 0 Å². The first-order valence-corrected chi connectivity index (χ1v) is 9.68. The standard InChI is InChI=1S/C21H34O4/c1-7-9-13-24-16(22)20(5)18(3)11-12-19(4,15-18)21(20,6)17(23)25-14-10-8-2/h11-12H,7-10,13-15H2,1-6H3. The molecule has 2 bridgehead atoms. The molecule has 4 heteroatoms. The summed E-state index contributed by atoms with van der Waals surface area (Å²) >= 11 is 0. The number of fused-ring (bicyclic) bond motifs is 2. The van der Waals surface area contributed by atoms with Gasteiger partial charge in [-0.1, -0.05) is 52.7 Å². The van der Waals surface area contributed by atoms with Crippen LogP contribution >= 0.6 is 0 Å². The van der Waals surface area contributed by atoms with Crippen molar-refractivity contribution in [1.82, 2.24) is 0 Å². The molecule has 4 unspecified atom stereocenters. The predicted octanol–water partition coefficient (Wildman–Crippen LogP) is 4.67. The second kappa shape index (κ2) is 6.77. The third kappa shape index (κ3) is 2.63. The molecule has 0 aliphatic heterocycles. The smallest absolute Gasteiger partial charge is 0.313 e. The Labute approximate surface area is 152 Å². The summed E-state index contributed by atoms with van der Waals surface area (Å²) in [5.74, 6) is -0.544. The molecule has 0 aromatic rings. The monoisotopic (exact) mass is 350 g/mol. The zero-order valence-electron chi connectivity index (χ0n) is 16.7. The van der Waals surface area contributed by atoms with Crippen LogP contribution in [0.2, 0.25) is 0 Å². The topological polar surface area (TPSA) is 52.6 Å². The van der Waals surface area contributed by atoms with E-state index in [0.29, 0.717) is 13.2 Å². The maximum Gasteiger partial charge on any atom is 0.313 e. The largest absolute Gasteiger partial charge is 0.465 e. The quantitative estimate of drug-likeness (QED) is 0.362. The van der Waals surface area contributed by atoms with E-state index >= 15 is 0 Å². The highest BCUT2D eigenvalue weighted by Crippen LogP contribution is 2.75. The molecular weight excluding hydrogens is 316 g/mol. The lowest BCUT2D eigenvalue weighted by Gasteiger charge is -2.50. The van der Waals surface area contributed by atoms with Gasteiger partial charge in [-0.2, -0.15) is 0 Å². The predicted molar refractivity (Wildman–Crippen MR) is 97.9 cm³/mol. The Kier molecular flexibility index (Phi) is 5.42. The molecule has 142 valence electrons. The molecule has 2 aliphatic rings. The first-order chi connectivity index (χ1) is 11.6. The Morgan fingerprint density at radius 1 is 0.800 bits per heavy atom. The highest BCUT2D eigenvalue weighted by molar-refractivity contribution is 5.92. The fourth-order valence-electron chi connectivity index (χ4n) is 4.86. The molecule has 0 aromatic carbocycles. The Morgan fingerprint density at radius 2 is 1.16 bits per heavy atom. The first-order valence-electron chi connectivity index (χ1n) is 9.68. The number of carbonyl (C=O) groups is 2. The van der Waals surface area contributed by atoms with Crippen molar-refractivity contribution in [1.29, 1.82) is 0 Å². The Hall–Kier alpha value is -1.32. The average Bonchev–Trinajstić information content (AvgIpc) is 2.96.